The summed E-state index contributed by atoms with van der Waals surface area (Å²) in [4.78, 5) is 14.2. The highest BCUT2D eigenvalue weighted by Crippen LogP contribution is 2.16. The van der Waals surface area contributed by atoms with Gasteiger partial charge in [-0.3, -0.25) is 4.79 Å². The minimum Gasteiger partial charge on any atom is -0.481 e. The van der Waals surface area contributed by atoms with Crippen LogP contribution < -0.4 is 4.74 Å². The molecule has 2 rings (SSSR count). The van der Waals surface area contributed by atoms with E-state index in [0.717, 1.165) is 13.0 Å². The van der Waals surface area contributed by atoms with Crippen molar-refractivity contribution >= 4 is 5.91 Å². The predicted molar refractivity (Wildman–Crippen MR) is 79.3 cm³/mol. The van der Waals surface area contributed by atoms with Crippen molar-refractivity contribution in [1.82, 2.24) is 4.90 Å². The van der Waals surface area contributed by atoms with E-state index in [1.807, 2.05) is 35.2 Å². The van der Waals surface area contributed by atoms with Crippen molar-refractivity contribution in [2.24, 2.45) is 0 Å². The Bertz CT molecular complexity index is 437. The van der Waals surface area contributed by atoms with Crippen molar-refractivity contribution < 1.29 is 19.0 Å². The number of hydrogen-bond acceptors (Lipinski definition) is 4. The van der Waals surface area contributed by atoms with Crippen LogP contribution >= 0.6 is 0 Å². The summed E-state index contributed by atoms with van der Waals surface area (Å²) in [7, 11) is 1.65. The average molecular weight is 293 g/mol. The second kappa shape index (κ2) is 8.00. The number of ether oxygens (including phenoxy) is 3. The maximum Gasteiger partial charge on any atom is 0.263 e. The van der Waals surface area contributed by atoms with Gasteiger partial charge in [0.25, 0.3) is 5.91 Å². The smallest absolute Gasteiger partial charge is 0.263 e. The van der Waals surface area contributed by atoms with E-state index in [2.05, 4.69) is 0 Å². The molecule has 0 bridgehead atoms. The summed E-state index contributed by atoms with van der Waals surface area (Å²) >= 11 is 0. The zero-order valence-electron chi connectivity index (χ0n) is 12.7. The van der Waals surface area contributed by atoms with Gasteiger partial charge < -0.3 is 19.1 Å². The van der Waals surface area contributed by atoms with Crippen molar-refractivity contribution in [2.75, 3.05) is 33.4 Å². The van der Waals surface area contributed by atoms with Crippen LogP contribution in [0.4, 0.5) is 0 Å². The van der Waals surface area contributed by atoms with E-state index in [1.165, 1.54) is 0 Å². The second-order valence-electron chi connectivity index (χ2n) is 5.13. The fourth-order valence-electron chi connectivity index (χ4n) is 2.37. The molecular formula is C16H23NO4. The standard InChI is InChI=1S/C16H23NO4/c1-13(21-14-6-4-3-5-7-14)16(18)17-9-8-15(12-17)20-11-10-19-2/h3-7,13,15H,8-12H2,1-2H3/t13-,15+/m1/s1. The lowest BCUT2D eigenvalue weighted by Gasteiger charge is -2.21. The molecule has 1 saturated heterocycles. The topological polar surface area (TPSA) is 48.0 Å². The quantitative estimate of drug-likeness (QED) is 0.718. The van der Waals surface area contributed by atoms with Crippen molar-refractivity contribution in [2.45, 2.75) is 25.6 Å². The monoisotopic (exact) mass is 293 g/mol. The van der Waals surface area contributed by atoms with Gasteiger partial charge in [-0.2, -0.15) is 0 Å². The van der Waals surface area contributed by atoms with E-state index in [4.69, 9.17) is 14.2 Å². The molecule has 5 heteroatoms. The highest BCUT2D eigenvalue weighted by molar-refractivity contribution is 5.81. The van der Waals surface area contributed by atoms with E-state index in [1.54, 1.807) is 14.0 Å². The molecule has 1 aromatic carbocycles. The number of amides is 1. The van der Waals surface area contributed by atoms with Gasteiger partial charge in [0, 0.05) is 20.2 Å². The van der Waals surface area contributed by atoms with E-state index in [-0.39, 0.29) is 12.0 Å². The molecule has 2 atom stereocenters. The van der Waals surface area contributed by atoms with Gasteiger partial charge in [0.2, 0.25) is 0 Å². The van der Waals surface area contributed by atoms with E-state index in [9.17, 15) is 4.79 Å². The number of hydrogen-bond donors (Lipinski definition) is 0. The first-order valence-corrected chi connectivity index (χ1v) is 7.31. The fraction of sp³-hybridized carbons (Fsp3) is 0.562. The summed E-state index contributed by atoms with van der Waals surface area (Å²) in [5.74, 6) is 0.724. The molecule has 5 nitrogen and oxygen atoms in total. The first-order valence-electron chi connectivity index (χ1n) is 7.31. The van der Waals surface area contributed by atoms with Crippen molar-refractivity contribution in [3.63, 3.8) is 0 Å². The van der Waals surface area contributed by atoms with Crippen molar-refractivity contribution in [1.29, 1.82) is 0 Å². The van der Waals surface area contributed by atoms with Crippen LogP contribution in [0.2, 0.25) is 0 Å². The third-order valence-electron chi connectivity index (χ3n) is 3.50. The Balaban J connectivity index is 1.78. The molecule has 1 aliphatic heterocycles. The molecule has 0 aliphatic carbocycles. The molecule has 0 aromatic heterocycles. The van der Waals surface area contributed by atoms with Crippen molar-refractivity contribution in [3.05, 3.63) is 30.3 Å². The molecule has 0 radical (unpaired) electrons. The van der Waals surface area contributed by atoms with Gasteiger partial charge in [-0.15, -0.1) is 0 Å². The Morgan fingerprint density at radius 3 is 2.81 bits per heavy atom. The van der Waals surface area contributed by atoms with Crippen LogP contribution in [0, 0.1) is 0 Å². The number of para-hydroxylation sites is 1. The van der Waals surface area contributed by atoms with Gasteiger partial charge in [-0.25, -0.2) is 0 Å². The summed E-state index contributed by atoms with van der Waals surface area (Å²) in [6.45, 7) is 4.29. The number of carbonyl (C=O) groups is 1. The average Bonchev–Trinajstić information content (AvgIpc) is 2.96. The minimum absolute atomic E-state index is 0.0108. The summed E-state index contributed by atoms with van der Waals surface area (Å²) < 4.78 is 16.3. The van der Waals surface area contributed by atoms with E-state index in [0.29, 0.717) is 25.5 Å². The Morgan fingerprint density at radius 1 is 1.33 bits per heavy atom. The second-order valence-corrected chi connectivity index (χ2v) is 5.13. The van der Waals surface area contributed by atoms with E-state index < -0.39 is 6.10 Å². The Labute approximate surface area is 125 Å². The molecule has 0 unspecified atom stereocenters. The highest BCUT2D eigenvalue weighted by atomic mass is 16.5. The predicted octanol–water partition coefficient (Wildman–Crippen LogP) is 1.72. The largest absolute Gasteiger partial charge is 0.481 e. The molecule has 0 spiro atoms. The van der Waals surface area contributed by atoms with Crippen LogP contribution in [0.15, 0.2) is 30.3 Å². The van der Waals surface area contributed by atoms with Gasteiger partial charge in [0.15, 0.2) is 6.10 Å². The molecule has 21 heavy (non-hydrogen) atoms. The molecular weight excluding hydrogens is 270 g/mol. The highest BCUT2D eigenvalue weighted by Gasteiger charge is 2.30. The maximum absolute atomic E-state index is 12.3. The number of nitrogens with zero attached hydrogens (tertiary/aromatic N) is 1. The van der Waals surface area contributed by atoms with Crippen molar-refractivity contribution in [3.8, 4) is 5.75 Å². The molecule has 1 fully saturated rings. The summed E-state index contributed by atoms with van der Waals surface area (Å²) in [5.41, 5.74) is 0. The van der Waals surface area contributed by atoms with Crippen LogP contribution in [-0.2, 0) is 14.3 Å². The normalized spacial score (nSPS) is 19.5. The Kier molecular flexibility index (Phi) is 6.02. The fourth-order valence-corrected chi connectivity index (χ4v) is 2.37. The zero-order chi connectivity index (χ0) is 15.1. The zero-order valence-corrected chi connectivity index (χ0v) is 12.7. The Morgan fingerprint density at radius 2 is 2.10 bits per heavy atom. The molecule has 0 saturated carbocycles. The van der Waals surface area contributed by atoms with Gasteiger partial charge in [-0.1, -0.05) is 18.2 Å². The molecule has 116 valence electrons. The third kappa shape index (κ3) is 4.72. The maximum atomic E-state index is 12.3. The summed E-state index contributed by atoms with van der Waals surface area (Å²) in [5, 5.41) is 0. The lowest BCUT2D eigenvalue weighted by molar-refractivity contribution is -0.137. The molecule has 1 amide bonds. The lowest BCUT2D eigenvalue weighted by atomic mass is 10.3. The van der Waals surface area contributed by atoms with Crippen LogP contribution in [0.1, 0.15) is 13.3 Å². The van der Waals surface area contributed by atoms with Gasteiger partial charge >= 0.3 is 0 Å². The molecule has 1 aliphatic rings. The number of benzene rings is 1. The number of rotatable bonds is 7. The first-order chi connectivity index (χ1) is 10.2. The van der Waals surface area contributed by atoms with Crippen LogP contribution in [0.25, 0.3) is 0 Å². The van der Waals surface area contributed by atoms with E-state index >= 15 is 0 Å². The van der Waals surface area contributed by atoms with Crippen LogP contribution in [0.3, 0.4) is 0 Å². The van der Waals surface area contributed by atoms with Gasteiger partial charge in [-0.05, 0) is 25.5 Å². The Hall–Kier alpha value is -1.59. The lowest BCUT2D eigenvalue weighted by Crippen LogP contribution is -2.39. The van der Waals surface area contributed by atoms with Gasteiger partial charge in [0.05, 0.1) is 19.3 Å². The molecule has 1 heterocycles. The summed E-state index contributed by atoms with van der Waals surface area (Å²) in [6.07, 6.45) is 0.492. The molecule has 1 aromatic rings. The van der Waals surface area contributed by atoms with Gasteiger partial charge in [0.1, 0.15) is 5.75 Å². The molecule has 0 N–H and O–H groups in total. The minimum atomic E-state index is -0.481. The summed E-state index contributed by atoms with van der Waals surface area (Å²) in [6, 6.07) is 9.40. The van der Waals surface area contributed by atoms with Crippen LogP contribution in [-0.4, -0.2) is 56.4 Å². The van der Waals surface area contributed by atoms with Crippen LogP contribution in [0.5, 0.6) is 5.75 Å². The SMILES string of the molecule is COCCO[C@H]1CCN(C(=O)[C@@H](C)Oc2ccccc2)C1. The number of carbonyl (C=O) groups excluding carboxylic acids is 1. The third-order valence-corrected chi connectivity index (χ3v) is 3.50. The number of likely N-dealkylation sites (tertiary alicyclic amines) is 1. The number of methoxy groups -OCH3 is 1. The first kappa shape index (κ1) is 15.8.